The van der Waals surface area contributed by atoms with Crippen LogP contribution in [-0.2, 0) is 4.74 Å². The van der Waals surface area contributed by atoms with Crippen molar-refractivity contribution in [1.82, 2.24) is 4.98 Å². The third-order valence-corrected chi connectivity index (χ3v) is 2.92. The second kappa shape index (κ2) is 6.71. The molecule has 2 amide bonds. The number of nitrogens with one attached hydrogen (secondary N) is 2. The van der Waals surface area contributed by atoms with Gasteiger partial charge in [-0.3, -0.25) is 15.1 Å². The van der Waals surface area contributed by atoms with Crippen LogP contribution in [0.25, 0.3) is 0 Å². The largest absolute Gasteiger partial charge is 0.453 e. The summed E-state index contributed by atoms with van der Waals surface area (Å²) in [7, 11) is 1.28. The average molecular weight is 306 g/mol. The predicted molar refractivity (Wildman–Crippen MR) is 79.7 cm³/mol. The molecule has 0 aliphatic carbocycles. The molecule has 0 atom stereocenters. The lowest BCUT2D eigenvalue weighted by molar-refractivity contribution is 0.102. The maximum Gasteiger partial charge on any atom is 0.411 e. The van der Waals surface area contributed by atoms with Crippen LogP contribution in [0.5, 0.6) is 0 Å². The first-order valence-electron chi connectivity index (χ1n) is 5.96. The minimum absolute atomic E-state index is 0.288. The monoisotopic (exact) mass is 305 g/mol. The Bertz CT molecular complexity index is 659. The van der Waals surface area contributed by atoms with E-state index in [2.05, 4.69) is 20.4 Å². The van der Waals surface area contributed by atoms with E-state index in [1.54, 1.807) is 30.3 Å². The van der Waals surface area contributed by atoms with E-state index in [0.29, 0.717) is 16.4 Å². The lowest BCUT2D eigenvalue weighted by Crippen LogP contribution is -2.13. The lowest BCUT2D eigenvalue weighted by Gasteiger charge is -2.08. The van der Waals surface area contributed by atoms with Gasteiger partial charge in [0.15, 0.2) is 0 Å². The minimum atomic E-state index is -0.561. The van der Waals surface area contributed by atoms with Crippen LogP contribution in [0.2, 0.25) is 5.02 Å². The van der Waals surface area contributed by atoms with Crippen molar-refractivity contribution in [3.8, 4) is 0 Å². The number of aromatic nitrogens is 1. The molecule has 0 saturated carbocycles. The molecule has 0 unspecified atom stereocenters. The molecule has 108 valence electrons. The van der Waals surface area contributed by atoms with E-state index >= 15 is 0 Å². The Morgan fingerprint density at radius 2 is 1.71 bits per heavy atom. The van der Waals surface area contributed by atoms with Gasteiger partial charge in [0, 0.05) is 23.8 Å². The maximum absolute atomic E-state index is 12.0. The molecule has 2 rings (SSSR count). The second-order valence-electron chi connectivity index (χ2n) is 4.00. The molecule has 0 spiro atoms. The van der Waals surface area contributed by atoms with Crippen LogP contribution in [0.3, 0.4) is 0 Å². The quantitative estimate of drug-likeness (QED) is 0.912. The molecule has 2 N–H and O–H groups in total. The molecule has 0 aliphatic rings. The fourth-order valence-corrected chi connectivity index (χ4v) is 1.74. The number of carbonyl (C=O) groups is 2. The van der Waals surface area contributed by atoms with Crippen LogP contribution < -0.4 is 10.6 Å². The lowest BCUT2D eigenvalue weighted by atomic mass is 10.2. The average Bonchev–Trinajstić information content (AvgIpc) is 2.49. The van der Waals surface area contributed by atoms with Crippen molar-refractivity contribution in [3.05, 3.63) is 53.3 Å². The van der Waals surface area contributed by atoms with Gasteiger partial charge in [0.05, 0.1) is 17.7 Å². The molecule has 1 aromatic heterocycles. The van der Waals surface area contributed by atoms with E-state index in [1.807, 2.05) is 0 Å². The van der Waals surface area contributed by atoms with Crippen LogP contribution in [0.1, 0.15) is 10.4 Å². The number of carbonyl (C=O) groups excluding carboxylic acids is 2. The van der Waals surface area contributed by atoms with Gasteiger partial charge in [-0.25, -0.2) is 4.79 Å². The van der Waals surface area contributed by atoms with E-state index in [9.17, 15) is 9.59 Å². The Hall–Kier alpha value is -2.60. The Morgan fingerprint density at radius 1 is 1.10 bits per heavy atom. The highest BCUT2D eigenvalue weighted by Gasteiger charge is 2.10. The van der Waals surface area contributed by atoms with E-state index in [0.717, 1.165) is 0 Å². The Kier molecular flexibility index (Phi) is 4.73. The van der Waals surface area contributed by atoms with Crippen molar-refractivity contribution >= 4 is 35.0 Å². The fourth-order valence-electron chi connectivity index (χ4n) is 1.55. The summed E-state index contributed by atoms with van der Waals surface area (Å²) in [6, 6.07) is 8.11. The predicted octanol–water partition coefficient (Wildman–Crippen LogP) is 3.17. The summed E-state index contributed by atoms with van der Waals surface area (Å²) >= 11 is 5.92. The number of benzene rings is 1. The first-order valence-corrected chi connectivity index (χ1v) is 6.34. The topological polar surface area (TPSA) is 80.3 Å². The van der Waals surface area contributed by atoms with E-state index in [4.69, 9.17) is 11.6 Å². The summed E-state index contributed by atoms with van der Waals surface area (Å²) in [4.78, 5) is 26.9. The van der Waals surface area contributed by atoms with Crippen molar-refractivity contribution < 1.29 is 14.3 Å². The number of nitrogens with zero attached hydrogens (tertiary/aromatic N) is 1. The molecule has 0 fully saturated rings. The summed E-state index contributed by atoms with van der Waals surface area (Å²) in [6.45, 7) is 0. The van der Waals surface area contributed by atoms with Gasteiger partial charge in [0.1, 0.15) is 0 Å². The van der Waals surface area contributed by atoms with E-state index in [-0.39, 0.29) is 11.5 Å². The number of halogens is 1. The van der Waals surface area contributed by atoms with Crippen LogP contribution in [-0.4, -0.2) is 24.1 Å². The van der Waals surface area contributed by atoms with Crippen molar-refractivity contribution in [3.63, 3.8) is 0 Å². The van der Waals surface area contributed by atoms with E-state index < -0.39 is 6.09 Å². The molecule has 1 aromatic carbocycles. The molecule has 0 saturated heterocycles. The normalized spacial score (nSPS) is 9.81. The fraction of sp³-hybridized carbons (Fsp3) is 0.0714. The zero-order chi connectivity index (χ0) is 15.2. The molecule has 6 nitrogen and oxygen atoms in total. The van der Waals surface area contributed by atoms with Crippen molar-refractivity contribution in [2.24, 2.45) is 0 Å². The van der Waals surface area contributed by atoms with Gasteiger partial charge in [-0.2, -0.15) is 0 Å². The summed E-state index contributed by atoms with van der Waals surface area (Å²) in [5, 5.41) is 5.52. The molecule has 0 radical (unpaired) electrons. The Balaban J connectivity index is 2.05. The molecular weight excluding hydrogens is 294 g/mol. The van der Waals surface area contributed by atoms with Crippen LogP contribution >= 0.6 is 11.6 Å². The zero-order valence-electron chi connectivity index (χ0n) is 11.1. The van der Waals surface area contributed by atoms with Crippen molar-refractivity contribution in [1.29, 1.82) is 0 Å². The van der Waals surface area contributed by atoms with Crippen molar-refractivity contribution in [2.45, 2.75) is 0 Å². The summed E-state index contributed by atoms with van der Waals surface area (Å²) in [5.41, 5.74) is 1.41. The summed E-state index contributed by atoms with van der Waals surface area (Å²) < 4.78 is 4.48. The van der Waals surface area contributed by atoms with Crippen LogP contribution in [0.4, 0.5) is 16.2 Å². The first kappa shape index (κ1) is 14.8. The van der Waals surface area contributed by atoms with Gasteiger partial charge < -0.3 is 10.1 Å². The highest BCUT2D eigenvalue weighted by molar-refractivity contribution is 6.34. The van der Waals surface area contributed by atoms with E-state index in [1.165, 1.54) is 19.5 Å². The number of hydrogen-bond donors (Lipinski definition) is 2. The highest BCUT2D eigenvalue weighted by Crippen LogP contribution is 2.18. The third kappa shape index (κ3) is 3.93. The molecule has 0 bridgehead atoms. The summed E-state index contributed by atoms with van der Waals surface area (Å²) in [6.07, 6.45) is 2.34. The van der Waals surface area contributed by atoms with Gasteiger partial charge in [-0.15, -0.1) is 0 Å². The number of rotatable bonds is 3. The number of anilines is 2. The molecule has 21 heavy (non-hydrogen) atoms. The van der Waals surface area contributed by atoms with Crippen LogP contribution in [0, 0.1) is 0 Å². The Morgan fingerprint density at radius 3 is 2.29 bits per heavy atom. The molecule has 7 heteroatoms. The smallest absolute Gasteiger partial charge is 0.411 e. The molecular formula is C14H12ClN3O3. The summed E-state index contributed by atoms with van der Waals surface area (Å²) in [5.74, 6) is -0.359. The molecule has 1 heterocycles. The number of methoxy groups -OCH3 is 1. The van der Waals surface area contributed by atoms with Gasteiger partial charge >= 0.3 is 6.09 Å². The van der Waals surface area contributed by atoms with Gasteiger partial charge in [0.2, 0.25) is 0 Å². The first-order chi connectivity index (χ1) is 10.1. The molecule has 2 aromatic rings. The third-order valence-electron chi connectivity index (χ3n) is 2.59. The van der Waals surface area contributed by atoms with Gasteiger partial charge in [0.25, 0.3) is 5.91 Å². The van der Waals surface area contributed by atoms with Gasteiger partial charge in [-0.05, 0) is 30.3 Å². The van der Waals surface area contributed by atoms with Crippen molar-refractivity contribution in [2.75, 3.05) is 17.7 Å². The number of ether oxygens (including phenoxy) is 1. The number of pyridine rings is 1. The molecule has 0 aliphatic heterocycles. The zero-order valence-corrected chi connectivity index (χ0v) is 11.8. The minimum Gasteiger partial charge on any atom is -0.453 e. The van der Waals surface area contributed by atoms with Crippen LogP contribution in [0.15, 0.2) is 42.7 Å². The maximum atomic E-state index is 12.0. The second-order valence-corrected chi connectivity index (χ2v) is 4.41. The Labute approximate surface area is 126 Å². The number of amides is 2. The number of hydrogen-bond acceptors (Lipinski definition) is 4. The highest BCUT2D eigenvalue weighted by atomic mass is 35.5. The SMILES string of the molecule is COC(=O)Nc1ccc(NC(=O)c2cnccc2Cl)cc1. The standard InChI is InChI=1S/C14H12ClN3O3/c1-21-14(20)18-10-4-2-9(3-5-10)17-13(19)11-8-16-7-6-12(11)15/h2-8H,1H3,(H,17,19)(H,18,20). The van der Waals surface area contributed by atoms with Gasteiger partial charge in [-0.1, -0.05) is 11.6 Å².